The van der Waals surface area contributed by atoms with Gasteiger partial charge in [0.2, 0.25) is 0 Å². The predicted octanol–water partition coefficient (Wildman–Crippen LogP) is 16.3. The summed E-state index contributed by atoms with van der Waals surface area (Å²) in [5.74, 6) is 0. The molecule has 1 heterocycles. The van der Waals surface area contributed by atoms with Crippen LogP contribution in [0.25, 0.3) is 55.1 Å². The van der Waals surface area contributed by atoms with Crippen molar-refractivity contribution < 1.29 is 0 Å². The Labute approximate surface area is 348 Å². The molecule has 0 amide bonds. The highest BCUT2D eigenvalue weighted by atomic mass is 32.1. The first kappa shape index (κ1) is 37.4. The van der Waals surface area contributed by atoms with Crippen LogP contribution < -0.4 is 4.90 Å². The Kier molecular flexibility index (Phi) is 9.22. The molecule has 2 aliphatic carbocycles. The molecule has 0 atom stereocenters. The molecule has 0 aliphatic heterocycles. The lowest BCUT2D eigenvalue weighted by Gasteiger charge is -2.30. The molecular weight excluding hydrogens is 719 g/mol. The fourth-order valence-corrected chi connectivity index (χ4v) is 10.6. The lowest BCUT2D eigenvalue weighted by atomic mass is 9.81. The van der Waals surface area contributed by atoms with Gasteiger partial charge in [-0.05, 0) is 129 Å². The van der Waals surface area contributed by atoms with Crippen molar-refractivity contribution in [3.05, 3.63) is 209 Å². The Balaban J connectivity index is 1.31. The van der Waals surface area contributed by atoms with Crippen LogP contribution in [0.2, 0.25) is 0 Å². The SMILES string of the molecule is C=C/C=C\C1=C(C)C(C)(C)c2cc(N(c3cc(-c4ccccc4)cc(-c4ccccc4)c3)c3ccc4c(c3)-c3c(ccc5c(C)c(/C=C\C=C)sc35)C4(C)C)ccc21. The van der Waals surface area contributed by atoms with Gasteiger partial charge in [0.05, 0.1) is 0 Å². The summed E-state index contributed by atoms with van der Waals surface area (Å²) in [7, 11) is 0. The van der Waals surface area contributed by atoms with Gasteiger partial charge in [-0.15, -0.1) is 11.3 Å². The first-order valence-corrected chi connectivity index (χ1v) is 21.1. The van der Waals surface area contributed by atoms with Crippen molar-refractivity contribution in [2.45, 2.75) is 52.4 Å². The van der Waals surface area contributed by atoms with E-state index >= 15 is 0 Å². The van der Waals surface area contributed by atoms with Crippen LogP contribution in [-0.4, -0.2) is 0 Å². The van der Waals surface area contributed by atoms with Gasteiger partial charge in [0.15, 0.2) is 0 Å². The maximum atomic E-state index is 3.96. The number of benzene rings is 6. The second-order valence-electron chi connectivity index (χ2n) is 16.7. The Morgan fingerprint density at radius 3 is 1.79 bits per heavy atom. The van der Waals surface area contributed by atoms with E-state index in [-0.39, 0.29) is 10.8 Å². The van der Waals surface area contributed by atoms with E-state index < -0.39 is 0 Å². The average Bonchev–Trinajstić information content (AvgIpc) is 3.76. The first-order chi connectivity index (χ1) is 28.0. The summed E-state index contributed by atoms with van der Waals surface area (Å²) >= 11 is 1.89. The van der Waals surface area contributed by atoms with Crippen LogP contribution in [0.1, 0.15) is 67.3 Å². The standard InChI is InChI=1S/C56H49NS/c1-9-11-23-46-37(4)55(5,6)51-35-43(25-27-47(46)51)57(44-32-40(38-19-15-13-16-20-38)31-41(33-44)39-21-17-14-18-22-39)42-26-29-49-48(34-42)53-50(56(49,7)8)30-28-45-36(3)52(24-12-10-2)58-54(45)53/h9-35H,1-2H2,3-8H3/b23-11-,24-12-. The normalized spacial score (nSPS) is 14.9. The molecule has 284 valence electrons. The van der Waals surface area contributed by atoms with Crippen molar-refractivity contribution in [1.29, 1.82) is 0 Å². The van der Waals surface area contributed by atoms with E-state index in [1.807, 2.05) is 29.6 Å². The number of aryl methyl sites for hydroxylation is 1. The molecule has 0 spiro atoms. The Morgan fingerprint density at radius 1 is 0.534 bits per heavy atom. The summed E-state index contributed by atoms with van der Waals surface area (Å²) in [5, 5.41) is 1.33. The summed E-state index contributed by atoms with van der Waals surface area (Å²) in [4.78, 5) is 3.77. The summed E-state index contributed by atoms with van der Waals surface area (Å²) in [5.41, 5.74) is 19.9. The van der Waals surface area contributed by atoms with Gasteiger partial charge in [0.25, 0.3) is 0 Å². The predicted molar refractivity (Wildman–Crippen MR) is 254 cm³/mol. The van der Waals surface area contributed by atoms with Crippen molar-refractivity contribution in [3.8, 4) is 33.4 Å². The van der Waals surface area contributed by atoms with Gasteiger partial charge in [-0.3, -0.25) is 0 Å². The average molecular weight is 768 g/mol. The Bertz CT molecular complexity index is 2820. The highest BCUT2D eigenvalue weighted by molar-refractivity contribution is 7.20. The number of thiophene rings is 1. The third-order valence-electron chi connectivity index (χ3n) is 12.8. The number of hydrogen-bond acceptors (Lipinski definition) is 2. The van der Waals surface area contributed by atoms with E-state index in [9.17, 15) is 0 Å². The fourth-order valence-electron chi connectivity index (χ4n) is 9.30. The van der Waals surface area contributed by atoms with Gasteiger partial charge in [0.1, 0.15) is 0 Å². The molecule has 1 aromatic heterocycles. The van der Waals surface area contributed by atoms with E-state index in [4.69, 9.17) is 0 Å². The van der Waals surface area contributed by atoms with Crippen LogP contribution in [0.3, 0.4) is 0 Å². The fraction of sp³-hybridized carbons (Fsp3) is 0.143. The van der Waals surface area contributed by atoms with Gasteiger partial charge in [-0.2, -0.15) is 0 Å². The summed E-state index contributed by atoms with van der Waals surface area (Å²) in [6.07, 6.45) is 12.2. The van der Waals surface area contributed by atoms with Crippen LogP contribution >= 0.6 is 11.3 Å². The van der Waals surface area contributed by atoms with Crippen molar-refractivity contribution in [2.75, 3.05) is 4.90 Å². The lowest BCUT2D eigenvalue weighted by Crippen LogP contribution is -2.17. The highest BCUT2D eigenvalue weighted by Crippen LogP contribution is 2.56. The summed E-state index contributed by atoms with van der Waals surface area (Å²) in [6, 6.07) is 47.6. The second-order valence-corrected chi connectivity index (χ2v) is 17.8. The van der Waals surface area contributed by atoms with Crippen LogP contribution in [0.4, 0.5) is 17.1 Å². The molecule has 0 N–H and O–H groups in total. The van der Waals surface area contributed by atoms with Gasteiger partial charge in [0, 0.05) is 43.0 Å². The zero-order chi connectivity index (χ0) is 40.3. The molecule has 0 saturated carbocycles. The van der Waals surface area contributed by atoms with E-state index in [1.54, 1.807) is 0 Å². The van der Waals surface area contributed by atoms with E-state index in [0.29, 0.717) is 0 Å². The minimum Gasteiger partial charge on any atom is -0.310 e. The Morgan fingerprint density at radius 2 is 1.14 bits per heavy atom. The summed E-state index contributed by atoms with van der Waals surface area (Å²) in [6.45, 7) is 21.9. The number of anilines is 3. The molecule has 1 nitrogen and oxygen atoms in total. The zero-order valence-corrected chi connectivity index (χ0v) is 35.2. The zero-order valence-electron chi connectivity index (χ0n) is 34.4. The van der Waals surface area contributed by atoms with Crippen LogP contribution in [0.15, 0.2) is 177 Å². The van der Waals surface area contributed by atoms with Gasteiger partial charge in [-0.1, -0.05) is 162 Å². The molecule has 2 aliphatic rings. The molecule has 0 saturated heterocycles. The van der Waals surface area contributed by atoms with Crippen LogP contribution in [0, 0.1) is 6.92 Å². The van der Waals surface area contributed by atoms with Crippen LogP contribution in [0.5, 0.6) is 0 Å². The van der Waals surface area contributed by atoms with Crippen LogP contribution in [-0.2, 0) is 10.8 Å². The maximum Gasteiger partial charge on any atom is 0.0473 e. The molecule has 6 aromatic carbocycles. The molecule has 0 fully saturated rings. The minimum atomic E-state index is -0.139. The van der Waals surface area contributed by atoms with Gasteiger partial charge >= 0.3 is 0 Å². The molecule has 2 heteroatoms. The third kappa shape index (κ3) is 5.98. The Hall–Kier alpha value is -6.22. The van der Waals surface area contributed by atoms with Crippen molar-refractivity contribution >= 4 is 50.1 Å². The highest BCUT2D eigenvalue weighted by Gasteiger charge is 2.39. The molecular formula is C56H49NS. The monoisotopic (exact) mass is 767 g/mol. The van der Waals surface area contributed by atoms with Gasteiger partial charge < -0.3 is 4.90 Å². The van der Waals surface area contributed by atoms with Crippen molar-refractivity contribution in [2.24, 2.45) is 0 Å². The van der Waals surface area contributed by atoms with Gasteiger partial charge in [-0.25, -0.2) is 0 Å². The number of allylic oxidation sites excluding steroid dienone is 7. The first-order valence-electron chi connectivity index (χ1n) is 20.2. The molecule has 58 heavy (non-hydrogen) atoms. The van der Waals surface area contributed by atoms with E-state index in [0.717, 1.165) is 17.1 Å². The number of hydrogen-bond donors (Lipinski definition) is 0. The number of nitrogens with zero attached hydrogens (tertiary/aromatic N) is 1. The number of rotatable bonds is 9. The topological polar surface area (TPSA) is 3.24 Å². The van der Waals surface area contributed by atoms with Crippen molar-refractivity contribution in [3.63, 3.8) is 0 Å². The van der Waals surface area contributed by atoms with Crippen molar-refractivity contribution in [1.82, 2.24) is 0 Å². The minimum absolute atomic E-state index is 0.138. The van der Waals surface area contributed by atoms with E-state index in [1.165, 1.54) is 87.3 Å². The molecule has 0 radical (unpaired) electrons. The quantitative estimate of drug-likeness (QED) is 0.132. The molecule has 0 bridgehead atoms. The smallest absolute Gasteiger partial charge is 0.0473 e. The largest absolute Gasteiger partial charge is 0.310 e. The summed E-state index contributed by atoms with van der Waals surface area (Å²) < 4.78 is 1.35. The maximum absolute atomic E-state index is 3.96. The lowest BCUT2D eigenvalue weighted by molar-refractivity contribution is 0.639. The molecule has 9 rings (SSSR count). The molecule has 0 unspecified atom stereocenters. The number of fused-ring (bicyclic) bond motifs is 6. The second kappa shape index (κ2) is 14.3. The molecule has 7 aromatic rings. The van der Waals surface area contributed by atoms with E-state index in [2.05, 4.69) is 205 Å². The third-order valence-corrected chi connectivity index (χ3v) is 14.1.